The molecule has 2 aliphatic heterocycles. The lowest BCUT2D eigenvalue weighted by molar-refractivity contribution is -0.0682. The molecule has 0 radical (unpaired) electrons. The van der Waals surface area contributed by atoms with Gasteiger partial charge < -0.3 is 10.0 Å². The van der Waals surface area contributed by atoms with E-state index in [-0.39, 0.29) is 35.5 Å². The van der Waals surface area contributed by atoms with Gasteiger partial charge >= 0.3 is 6.55 Å². The molecule has 8 rings (SSSR count). The monoisotopic (exact) mass is 729 g/mol. The van der Waals surface area contributed by atoms with Gasteiger partial charge in [0.05, 0.1) is 16.6 Å². The number of nitrogens with zero attached hydrogens (tertiary/aromatic N) is 6. The van der Waals surface area contributed by atoms with E-state index in [0.717, 1.165) is 0 Å². The molecule has 2 saturated carbocycles. The van der Waals surface area contributed by atoms with Crippen LogP contribution in [0.15, 0.2) is 77.1 Å². The average molecular weight is 730 g/mol. The highest BCUT2D eigenvalue weighted by Crippen LogP contribution is 2.56. The number of aliphatic hydroxyl groups is 1. The molecule has 2 unspecified atom stereocenters. The van der Waals surface area contributed by atoms with Gasteiger partial charge in [-0.2, -0.15) is 13.9 Å². The predicted molar refractivity (Wildman–Crippen MR) is 178 cm³/mol. The van der Waals surface area contributed by atoms with Gasteiger partial charge in [-0.3, -0.25) is 9.98 Å². The molecule has 4 aliphatic rings. The second-order valence-corrected chi connectivity index (χ2v) is 16.3. The number of hydrogen-bond donors (Lipinski definition) is 2. The van der Waals surface area contributed by atoms with E-state index in [0.29, 0.717) is 63.7 Å². The van der Waals surface area contributed by atoms with Crippen LogP contribution in [-0.2, 0) is 15.6 Å². The molecule has 3 fully saturated rings. The molecular formula is C33H31ClF3N7O3S2. The number of hydrogen-bond acceptors (Lipinski definition) is 9. The number of sulfonamides is 1. The summed E-state index contributed by atoms with van der Waals surface area (Å²) in [6.45, 7) is -2.68. The molecule has 16 heteroatoms. The number of benzene rings is 1. The van der Waals surface area contributed by atoms with Crippen LogP contribution in [0.3, 0.4) is 0 Å². The fraction of sp³-hybridized carbons (Fsp3) is 0.394. The van der Waals surface area contributed by atoms with Gasteiger partial charge in [0, 0.05) is 64.8 Å². The summed E-state index contributed by atoms with van der Waals surface area (Å²) in [4.78, 5) is 15.8. The highest BCUT2D eigenvalue weighted by atomic mass is 35.5. The van der Waals surface area contributed by atoms with Crippen molar-refractivity contribution in [3.8, 4) is 0 Å². The zero-order valence-electron chi connectivity index (χ0n) is 25.8. The molecule has 5 heterocycles. The van der Waals surface area contributed by atoms with Gasteiger partial charge in [-0.05, 0) is 67.9 Å². The van der Waals surface area contributed by atoms with Crippen molar-refractivity contribution in [3.05, 3.63) is 105 Å². The number of thiazole rings is 1. The Morgan fingerprint density at radius 1 is 1.08 bits per heavy atom. The van der Waals surface area contributed by atoms with Crippen LogP contribution in [0.2, 0.25) is 5.02 Å². The number of alkyl halides is 2. The third-order valence-electron chi connectivity index (χ3n) is 10.3. The number of amidine groups is 1. The Bertz CT molecular complexity index is 2050. The van der Waals surface area contributed by atoms with Gasteiger partial charge in [0.2, 0.25) is 10.0 Å². The molecule has 2 aliphatic carbocycles. The van der Waals surface area contributed by atoms with Crippen molar-refractivity contribution < 1.29 is 26.7 Å². The summed E-state index contributed by atoms with van der Waals surface area (Å²) in [7, 11) is -3.87. The van der Waals surface area contributed by atoms with Crippen LogP contribution in [0, 0.1) is 17.7 Å². The maximum Gasteiger partial charge on any atom is 0.333 e. The summed E-state index contributed by atoms with van der Waals surface area (Å²) in [6, 6.07) is 9.33. The van der Waals surface area contributed by atoms with E-state index < -0.39 is 45.3 Å². The summed E-state index contributed by atoms with van der Waals surface area (Å²) < 4.78 is 73.2. The molecule has 2 bridgehead atoms. The Balaban J connectivity index is 1.15. The Labute approximate surface area is 289 Å². The third-order valence-corrected chi connectivity index (χ3v) is 13.3. The maximum absolute atomic E-state index is 14.2. The summed E-state index contributed by atoms with van der Waals surface area (Å²) in [5, 5.41) is 17.7. The van der Waals surface area contributed by atoms with Gasteiger partial charge in [-0.25, -0.2) is 27.2 Å². The molecule has 0 spiro atoms. The zero-order valence-corrected chi connectivity index (χ0v) is 28.2. The number of nitrogens with one attached hydrogen (secondary N) is 1. The first-order valence-corrected chi connectivity index (χ1v) is 18.7. The van der Waals surface area contributed by atoms with Crippen molar-refractivity contribution in [2.24, 2.45) is 16.8 Å². The van der Waals surface area contributed by atoms with E-state index >= 15 is 0 Å². The van der Waals surface area contributed by atoms with Crippen LogP contribution < -0.4 is 4.72 Å². The molecule has 4 aromatic rings. The Morgan fingerprint density at radius 2 is 1.88 bits per heavy atom. The van der Waals surface area contributed by atoms with Gasteiger partial charge in [0.1, 0.15) is 17.5 Å². The number of halogens is 4. The van der Waals surface area contributed by atoms with Gasteiger partial charge in [-0.15, -0.1) is 11.3 Å². The minimum atomic E-state index is -3.87. The number of fused-ring (bicyclic) bond motifs is 3. The van der Waals surface area contributed by atoms with E-state index in [2.05, 4.69) is 19.8 Å². The van der Waals surface area contributed by atoms with Gasteiger partial charge in [0.25, 0.3) is 0 Å². The maximum atomic E-state index is 14.2. The second kappa shape index (κ2) is 12.3. The third kappa shape index (κ3) is 5.59. The Kier molecular flexibility index (Phi) is 8.18. The topological polar surface area (TPSA) is 126 Å². The first-order valence-electron chi connectivity index (χ1n) is 15.9. The summed E-state index contributed by atoms with van der Waals surface area (Å²) >= 11 is 7.90. The average Bonchev–Trinajstić information content (AvgIpc) is 3.87. The highest BCUT2D eigenvalue weighted by Gasteiger charge is 2.57. The summed E-state index contributed by atoms with van der Waals surface area (Å²) in [6.07, 6.45) is 6.66. The molecule has 0 amide bonds. The van der Waals surface area contributed by atoms with Crippen LogP contribution in [-0.4, -0.2) is 61.8 Å². The number of pyridine rings is 1. The van der Waals surface area contributed by atoms with Crippen molar-refractivity contribution in [2.75, 3.05) is 6.54 Å². The lowest BCUT2D eigenvalue weighted by Crippen LogP contribution is -2.50. The van der Waals surface area contributed by atoms with Gasteiger partial charge in [-0.1, -0.05) is 23.7 Å². The van der Waals surface area contributed by atoms with Crippen LogP contribution in [0.4, 0.5) is 13.2 Å². The number of aromatic nitrogens is 4. The molecule has 10 nitrogen and oxygen atoms in total. The quantitative estimate of drug-likeness (QED) is 0.231. The van der Waals surface area contributed by atoms with E-state index in [9.17, 15) is 26.7 Å². The molecule has 3 aromatic heterocycles. The molecule has 256 valence electrons. The minimum absolute atomic E-state index is 0.0971. The van der Waals surface area contributed by atoms with E-state index in [1.54, 1.807) is 29.9 Å². The summed E-state index contributed by atoms with van der Waals surface area (Å²) in [5.74, 6) is -0.579. The predicted octanol–water partition coefficient (Wildman–Crippen LogP) is 5.91. The van der Waals surface area contributed by atoms with E-state index in [4.69, 9.17) is 16.6 Å². The second-order valence-electron chi connectivity index (χ2n) is 13.0. The lowest BCUT2D eigenvalue weighted by atomic mass is 9.72. The molecule has 1 saturated heterocycles. The lowest BCUT2D eigenvalue weighted by Gasteiger charge is -2.42. The Morgan fingerprint density at radius 3 is 2.53 bits per heavy atom. The van der Waals surface area contributed by atoms with Crippen molar-refractivity contribution in [1.29, 1.82) is 0 Å². The van der Waals surface area contributed by atoms with Crippen molar-refractivity contribution >= 4 is 44.4 Å². The van der Waals surface area contributed by atoms with Crippen LogP contribution in [0.1, 0.15) is 66.7 Å². The fourth-order valence-electron chi connectivity index (χ4n) is 8.13. The molecule has 4 atom stereocenters. The normalized spacial score (nSPS) is 28.3. The van der Waals surface area contributed by atoms with Crippen LogP contribution >= 0.6 is 22.9 Å². The van der Waals surface area contributed by atoms with E-state index in [1.165, 1.54) is 41.8 Å². The molecule has 49 heavy (non-hydrogen) atoms. The molecule has 1 aromatic carbocycles. The first-order chi connectivity index (χ1) is 23.5. The minimum Gasteiger partial charge on any atom is -0.383 e. The van der Waals surface area contributed by atoms with Crippen LogP contribution in [0.25, 0.3) is 5.57 Å². The van der Waals surface area contributed by atoms with Crippen molar-refractivity contribution in [1.82, 2.24) is 29.4 Å². The van der Waals surface area contributed by atoms with E-state index in [1.807, 2.05) is 11.0 Å². The van der Waals surface area contributed by atoms with Crippen molar-refractivity contribution in [3.63, 3.8) is 0 Å². The first kappa shape index (κ1) is 32.6. The highest BCUT2D eigenvalue weighted by molar-refractivity contribution is 7.90. The standard InChI is InChI=1S/C33H31ClF3N7O3S2/c34-24-15-20(35)6-7-23(24)29-28(25-8-11-44(41-25)32(36)37)26-16-21(17-43(26)30(40-29)31-39-10-12-48-31)42-49(46,47)22-13-18-4-5-19(14-22)33(18,45)27-3-1-2-9-38-27/h1-3,6-12,15,18-19,21-22,29,32,42,45H,4-5,13-14,16-17H2/t18?,19?,21-,22?,29-,33?/m0/s1. The largest absolute Gasteiger partial charge is 0.383 e. The van der Waals surface area contributed by atoms with Crippen molar-refractivity contribution in [2.45, 2.75) is 61.6 Å². The Hall–Kier alpha value is -3.63. The fourth-order valence-corrected chi connectivity index (χ4v) is 10.8. The number of aliphatic imine (C=N–C) groups is 1. The smallest absolute Gasteiger partial charge is 0.333 e. The summed E-state index contributed by atoms with van der Waals surface area (Å²) in [5.41, 5.74) is 1.16. The molecular weight excluding hydrogens is 699 g/mol. The van der Waals surface area contributed by atoms with Crippen LogP contribution in [0.5, 0.6) is 0 Å². The number of rotatable bonds is 8. The zero-order chi connectivity index (χ0) is 34.1. The molecule has 2 N–H and O–H groups in total. The van der Waals surface area contributed by atoms with Gasteiger partial charge in [0.15, 0.2) is 10.8 Å². The SMILES string of the molecule is O=S(=O)(N[C@H]1CC2=C(c3ccn(C(F)F)n3)[C@H](c3ccc(F)cc3Cl)N=C(c3nccs3)N2C1)C1CC2CCC(C1)C2(O)c1ccccn1.